The standard InChI is InChI=1S/C94H98N6O4/c1-87(2,3)53-91(13,14)58-22-30-62(31-23-58)97(63-32-24-59(25-33-63)92(15,16)54-88(4,5)6)66-38-42-68(43-39-66)99-83(101)72-49-47-71-80-76(96-21)51-75-79-73(48-46-70(82(79)80)77-57(52-95)50-74(85(99)103)78(72)81(71)77)84(102)100(86(75)104)69-44-40-67(41-45-69)98(64-34-26-60(27-35-64)93(17,18)55-89(7,8)9)65-36-28-61(29-37-65)94(19,20)56-90(10,11)12/h22-51H,53-56H2,1-20H3. The number of carbonyl (C=O) groups is 4. The lowest BCUT2D eigenvalue weighted by Crippen LogP contribution is -2.40. The van der Waals surface area contributed by atoms with Crippen molar-refractivity contribution < 1.29 is 19.2 Å². The van der Waals surface area contributed by atoms with Crippen LogP contribution in [0.5, 0.6) is 0 Å². The number of benzene rings is 11. The first kappa shape index (κ1) is 72.0. The van der Waals surface area contributed by atoms with Crippen molar-refractivity contribution in [2.45, 2.75) is 186 Å². The molecule has 0 aliphatic carbocycles. The van der Waals surface area contributed by atoms with Crippen LogP contribution in [0.2, 0.25) is 0 Å². The average molecular weight is 1380 g/mol. The van der Waals surface area contributed by atoms with Gasteiger partial charge in [0, 0.05) is 67.0 Å². The summed E-state index contributed by atoms with van der Waals surface area (Å²) < 4.78 is 0. The molecule has 2 aliphatic heterocycles. The van der Waals surface area contributed by atoms with Crippen LogP contribution in [0.3, 0.4) is 0 Å². The van der Waals surface area contributed by atoms with Crippen LogP contribution in [-0.4, -0.2) is 23.6 Å². The van der Waals surface area contributed by atoms with Gasteiger partial charge in [-0.3, -0.25) is 19.2 Å². The molecule has 10 heteroatoms. The SMILES string of the molecule is [C-]#[N+]c1cc2c3c(ccc4c5c(C#N)cc6c7c(ccc(c1c34)c75)C(=O)N(c1ccc(N(c3ccc(C(C)(C)CC(C)(C)C)cc3)c3ccc(C(C)(C)CC(C)(C)C)cc3)cc1)C6=O)C(=O)N(c1ccc(N(c3ccc(C(C)(C)CC(C)(C)C)cc3)c3ccc(C(C)(C)CC(C)(C)C)cc3)cc1)C2=O. The zero-order valence-corrected chi connectivity index (χ0v) is 64.5. The first-order valence-corrected chi connectivity index (χ1v) is 36.7. The highest BCUT2D eigenvalue weighted by molar-refractivity contribution is 6.47. The van der Waals surface area contributed by atoms with Crippen molar-refractivity contribution in [2.75, 3.05) is 19.6 Å². The number of hydrogen-bond acceptors (Lipinski definition) is 7. The Morgan fingerprint density at radius 2 is 0.587 bits per heavy atom. The molecule has 0 spiro atoms. The van der Waals surface area contributed by atoms with Gasteiger partial charge in [-0.05, 0) is 240 Å². The van der Waals surface area contributed by atoms with E-state index in [1.165, 1.54) is 32.1 Å². The van der Waals surface area contributed by atoms with Crippen LogP contribution in [0.4, 0.5) is 51.2 Å². The summed E-state index contributed by atoms with van der Waals surface area (Å²) >= 11 is 0. The molecule has 0 N–H and O–H groups in total. The Morgan fingerprint density at radius 1 is 0.327 bits per heavy atom. The molecule has 0 aromatic heterocycles. The smallest absolute Gasteiger partial charge is 0.266 e. The first-order chi connectivity index (χ1) is 48.6. The number of amides is 4. The van der Waals surface area contributed by atoms with Gasteiger partial charge in [0.25, 0.3) is 23.6 Å². The Labute approximate surface area is 615 Å². The Balaban J connectivity index is 0.854. The van der Waals surface area contributed by atoms with Crippen LogP contribution < -0.4 is 19.6 Å². The molecule has 4 amide bonds. The van der Waals surface area contributed by atoms with E-state index in [0.29, 0.717) is 54.5 Å². The largest absolute Gasteiger partial charge is 0.311 e. The van der Waals surface area contributed by atoms with Crippen LogP contribution in [0.25, 0.3) is 47.9 Å². The Hall–Kier alpha value is -10.4. The Kier molecular flexibility index (Phi) is 17.4. The number of carbonyl (C=O) groups excluding carboxylic acids is 4. The van der Waals surface area contributed by atoms with Gasteiger partial charge in [0.2, 0.25) is 0 Å². The van der Waals surface area contributed by atoms with Crippen molar-refractivity contribution >= 4 is 118 Å². The normalized spacial score (nSPS) is 14.1. The fraction of sp³-hybridized carbons (Fsp3) is 0.340. The van der Waals surface area contributed by atoms with Gasteiger partial charge in [-0.1, -0.05) is 199 Å². The third-order valence-corrected chi connectivity index (χ3v) is 21.3. The molecule has 104 heavy (non-hydrogen) atoms. The fourth-order valence-electron chi connectivity index (χ4n) is 18.4. The van der Waals surface area contributed by atoms with Crippen molar-refractivity contribution in [2.24, 2.45) is 21.7 Å². The van der Waals surface area contributed by atoms with E-state index in [0.717, 1.165) is 59.8 Å². The molecule has 11 aromatic rings. The number of rotatable bonds is 16. The highest BCUT2D eigenvalue weighted by atomic mass is 16.2. The Morgan fingerprint density at radius 3 is 0.865 bits per heavy atom. The van der Waals surface area contributed by atoms with Crippen LogP contribution >= 0.6 is 0 Å². The van der Waals surface area contributed by atoms with Crippen LogP contribution in [0, 0.1) is 39.6 Å². The molecule has 0 atom stereocenters. The second kappa shape index (κ2) is 25.2. The first-order valence-electron chi connectivity index (χ1n) is 36.7. The van der Waals surface area contributed by atoms with E-state index in [2.05, 4.69) is 256 Å². The summed E-state index contributed by atoms with van der Waals surface area (Å²) in [5.74, 6) is -2.26. The monoisotopic (exact) mass is 1370 g/mol. The molecule has 528 valence electrons. The van der Waals surface area contributed by atoms with Crippen molar-refractivity contribution in [1.29, 1.82) is 5.26 Å². The summed E-state index contributed by atoms with van der Waals surface area (Å²) in [7, 11) is 0. The maximum Gasteiger partial charge on any atom is 0.266 e. The topological polar surface area (TPSA) is 109 Å². The number of nitriles is 1. The molecule has 2 aliphatic rings. The second-order valence-corrected chi connectivity index (χ2v) is 37.0. The lowest BCUT2D eigenvalue weighted by Gasteiger charge is -2.34. The molecule has 11 aromatic carbocycles. The minimum Gasteiger partial charge on any atom is -0.311 e. The number of anilines is 8. The van der Waals surface area contributed by atoms with E-state index >= 15 is 19.2 Å². The minimum absolute atomic E-state index is 0.0688. The van der Waals surface area contributed by atoms with Gasteiger partial charge < -0.3 is 9.80 Å². The van der Waals surface area contributed by atoms with Crippen molar-refractivity contribution in [1.82, 2.24) is 0 Å². The van der Waals surface area contributed by atoms with Crippen molar-refractivity contribution in [3.05, 3.63) is 243 Å². The molecular formula is C94H98N6O4. The van der Waals surface area contributed by atoms with E-state index < -0.39 is 23.6 Å². The molecule has 0 bridgehead atoms. The van der Waals surface area contributed by atoms with Crippen LogP contribution in [0.15, 0.2) is 182 Å². The minimum atomic E-state index is -0.595. The number of hydrogen-bond donors (Lipinski definition) is 0. The average Bonchev–Trinajstić information content (AvgIpc) is 0.680. The summed E-state index contributed by atoms with van der Waals surface area (Å²) in [6, 6.07) is 62.6. The van der Waals surface area contributed by atoms with Gasteiger partial charge in [-0.2, -0.15) is 5.26 Å². The predicted molar refractivity (Wildman–Crippen MR) is 432 cm³/mol. The Bertz CT molecular complexity index is 4880. The van der Waals surface area contributed by atoms with Crippen molar-refractivity contribution in [3.63, 3.8) is 0 Å². The van der Waals surface area contributed by atoms with E-state index in [4.69, 9.17) is 6.57 Å². The van der Waals surface area contributed by atoms with Gasteiger partial charge >= 0.3 is 0 Å². The van der Waals surface area contributed by atoms with Gasteiger partial charge in [-0.15, -0.1) is 0 Å². The third-order valence-electron chi connectivity index (χ3n) is 21.3. The highest BCUT2D eigenvalue weighted by Gasteiger charge is 2.41. The number of imide groups is 2. The van der Waals surface area contributed by atoms with Gasteiger partial charge in [0.1, 0.15) is 0 Å². The van der Waals surface area contributed by atoms with E-state index in [9.17, 15) is 5.26 Å². The molecule has 10 nitrogen and oxygen atoms in total. The zero-order chi connectivity index (χ0) is 75.1. The van der Waals surface area contributed by atoms with Gasteiger partial charge in [0.15, 0.2) is 5.69 Å². The molecule has 2 heterocycles. The lowest BCUT2D eigenvalue weighted by atomic mass is 9.72. The molecule has 0 saturated carbocycles. The van der Waals surface area contributed by atoms with Crippen LogP contribution in [-0.2, 0) is 21.7 Å². The fourth-order valence-corrected chi connectivity index (χ4v) is 18.4. The maximum atomic E-state index is 15.4. The van der Waals surface area contributed by atoms with Crippen LogP contribution in [0.1, 0.15) is 233 Å². The van der Waals surface area contributed by atoms with Gasteiger partial charge in [0.05, 0.1) is 35.1 Å². The van der Waals surface area contributed by atoms with Crippen molar-refractivity contribution in [3.8, 4) is 6.07 Å². The number of fused-ring (bicyclic) bond motifs is 2. The maximum absolute atomic E-state index is 15.4. The second-order valence-electron chi connectivity index (χ2n) is 37.0. The zero-order valence-electron chi connectivity index (χ0n) is 64.5. The van der Waals surface area contributed by atoms with Gasteiger partial charge in [-0.25, -0.2) is 14.6 Å². The van der Waals surface area contributed by atoms with E-state index in [1.807, 2.05) is 24.3 Å². The molecule has 13 rings (SSSR count). The summed E-state index contributed by atoms with van der Waals surface area (Å²) in [4.78, 5) is 72.2. The van der Waals surface area contributed by atoms with E-state index in [1.54, 1.807) is 60.7 Å². The molecule has 0 saturated heterocycles. The molecule has 0 fully saturated rings. The third kappa shape index (κ3) is 13.1. The summed E-state index contributed by atoms with van der Waals surface area (Å²) in [6.07, 6.45) is 4.02. The quantitative estimate of drug-likeness (QED) is 0.0410. The van der Waals surface area contributed by atoms with E-state index in [-0.39, 0.29) is 76.8 Å². The summed E-state index contributed by atoms with van der Waals surface area (Å²) in [5.41, 5.74) is 12.6. The lowest BCUT2D eigenvalue weighted by molar-refractivity contribution is 0.0877. The number of nitrogens with zero attached hydrogens (tertiary/aromatic N) is 6. The predicted octanol–water partition coefficient (Wildman–Crippen LogP) is 25.6. The summed E-state index contributed by atoms with van der Waals surface area (Å²) in [5, 5.41) is 14.9. The molecular weight excluding hydrogens is 1280 g/mol. The highest BCUT2D eigenvalue weighted by Crippen LogP contribution is 2.53. The molecule has 0 unspecified atom stereocenters. The summed E-state index contributed by atoms with van der Waals surface area (Å²) in [6.45, 7) is 54.5. The molecule has 0 radical (unpaired) electrons.